The predicted octanol–water partition coefficient (Wildman–Crippen LogP) is 0.838. The van der Waals surface area contributed by atoms with E-state index >= 15 is 0 Å². The van der Waals surface area contributed by atoms with E-state index in [1.807, 2.05) is 25.1 Å². The van der Waals surface area contributed by atoms with Crippen molar-refractivity contribution in [2.75, 3.05) is 0 Å². The lowest BCUT2D eigenvalue weighted by Gasteiger charge is -1.96. The fourth-order valence-corrected chi connectivity index (χ4v) is 1.07. The van der Waals surface area contributed by atoms with Crippen LogP contribution in [-0.2, 0) is 0 Å². The molecule has 2 nitrogen and oxygen atoms in total. The van der Waals surface area contributed by atoms with Crippen molar-refractivity contribution in [2.24, 2.45) is 0 Å². The molecule has 0 amide bonds. The number of aromatic hydroxyl groups is 1. The number of nitrogens with one attached hydrogen (secondary N) is 1. The van der Waals surface area contributed by atoms with Gasteiger partial charge in [0.2, 0.25) is 0 Å². The molecule has 0 atom stereocenters. The van der Waals surface area contributed by atoms with Gasteiger partial charge < -0.3 is 5.11 Å². The van der Waals surface area contributed by atoms with Gasteiger partial charge in [0.05, 0.1) is 0 Å². The first-order valence-corrected chi connectivity index (χ1v) is 3.77. The van der Waals surface area contributed by atoms with Crippen molar-refractivity contribution in [3.8, 4) is 5.75 Å². The molecule has 0 heterocycles. The highest BCUT2D eigenvalue weighted by Gasteiger charge is 2.07. The van der Waals surface area contributed by atoms with E-state index in [0.29, 0.717) is 5.69 Å². The van der Waals surface area contributed by atoms with Crippen LogP contribution in [-0.4, -0.2) is 11.8 Å². The number of hydrogen-bond donors (Lipinski definition) is 2. The SMILES string of the molecule is C=[NH+]c1c(O)cccc1/C=C\C. The van der Waals surface area contributed by atoms with Crippen molar-refractivity contribution in [3.63, 3.8) is 0 Å². The lowest BCUT2D eigenvalue weighted by molar-refractivity contribution is -0.343. The molecule has 0 aromatic heterocycles. The van der Waals surface area contributed by atoms with E-state index < -0.39 is 0 Å². The van der Waals surface area contributed by atoms with Crippen molar-refractivity contribution in [1.29, 1.82) is 0 Å². The van der Waals surface area contributed by atoms with Gasteiger partial charge in [-0.2, -0.15) is 0 Å². The van der Waals surface area contributed by atoms with Crippen molar-refractivity contribution in [3.05, 3.63) is 29.8 Å². The smallest absolute Gasteiger partial charge is 0.252 e. The summed E-state index contributed by atoms with van der Waals surface area (Å²) in [6, 6.07) is 5.33. The Hall–Kier alpha value is -1.57. The van der Waals surface area contributed by atoms with Crippen LogP contribution in [0.25, 0.3) is 6.08 Å². The average molecular weight is 162 g/mol. The largest absolute Gasteiger partial charge is 0.502 e. The molecule has 12 heavy (non-hydrogen) atoms. The van der Waals surface area contributed by atoms with E-state index in [1.54, 1.807) is 12.1 Å². The first-order valence-electron chi connectivity index (χ1n) is 3.77. The second-order valence-electron chi connectivity index (χ2n) is 2.42. The van der Waals surface area contributed by atoms with Crippen LogP contribution in [0.5, 0.6) is 5.75 Å². The molecular formula is C10H12NO+. The van der Waals surface area contributed by atoms with Gasteiger partial charge in [0.15, 0.2) is 5.75 Å². The second-order valence-corrected chi connectivity index (χ2v) is 2.42. The molecule has 0 radical (unpaired) electrons. The van der Waals surface area contributed by atoms with Crippen LogP contribution >= 0.6 is 0 Å². The van der Waals surface area contributed by atoms with Gasteiger partial charge in [0.25, 0.3) is 5.69 Å². The van der Waals surface area contributed by atoms with Crippen molar-refractivity contribution >= 4 is 18.5 Å². The molecule has 1 aromatic carbocycles. The van der Waals surface area contributed by atoms with Gasteiger partial charge in [0.1, 0.15) is 6.72 Å². The van der Waals surface area contributed by atoms with E-state index in [1.165, 1.54) is 0 Å². The number of allylic oxidation sites excluding steroid dienone is 1. The average Bonchev–Trinajstić information content (AvgIpc) is 2.05. The van der Waals surface area contributed by atoms with E-state index in [-0.39, 0.29) is 5.75 Å². The fraction of sp³-hybridized carbons (Fsp3) is 0.100. The fourth-order valence-electron chi connectivity index (χ4n) is 1.07. The molecular weight excluding hydrogens is 150 g/mol. The van der Waals surface area contributed by atoms with Gasteiger partial charge in [-0.15, -0.1) is 0 Å². The number of phenolic OH excluding ortho intramolecular Hbond substituents is 1. The standard InChI is InChI=1S/C10H11NO/c1-3-5-8-6-4-7-9(12)10(8)11-2/h3-7,12H,2H2,1H3/p+1/b5-3-. The Labute approximate surface area is 71.9 Å². The number of para-hydroxylation sites is 1. The Morgan fingerprint density at radius 2 is 2.25 bits per heavy atom. The first-order chi connectivity index (χ1) is 5.79. The highest BCUT2D eigenvalue weighted by molar-refractivity contribution is 5.65. The van der Waals surface area contributed by atoms with Crippen LogP contribution in [0.2, 0.25) is 0 Å². The Morgan fingerprint density at radius 1 is 1.50 bits per heavy atom. The Kier molecular flexibility index (Phi) is 2.64. The second kappa shape index (κ2) is 3.72. The van der Waals surface area contributed by atoms with Gasteiger partial charge >= 0.3 is 0 Å². The Bertz CT molecular complexity index is 316. The lowest BCUT2D eigenvalue weighted by Crippen LogP contribution is -2.58. The van der Waals surface area contributed by atoms with E-state index in [2.05, 4.69) is 11.7 Å². The van der Waals surface area contributed by atoms with Gasteiger partial charge in [-0.1, -0.05) is 18.2 Å². The van der Waals surface area contributed by atoms with Gasteiger partial charge in [-0.25, -0.2) is 4.99 Å². The number of hydrogen-bond acceptors (Lipinski definition) is 1. The molecule has 62 valence electrons. The molecule has 1 rings (SSSR count). The van der Waals surface area contributed by atoms with Gasteiger partial charge in [0, 0.05) is 5.56 Å². The zero-order valence-electron chi connectivity index (χ0n) is 7.04. The molecule has 1 aromatic rings. The minimum absolute atomic E-state index is 0.223. The maximum atomic E-state index is 9.38. The third-order valence-corrected chi connectivity index (χ3v) is 1.60. The maximum Gasteiger partial charge on any atom is 0.252 e. The molecule has 0 aliphatic rings. The third-order valence-electron chi connectivity index (χ3n) is 1.60. The van der Waals surface area contributed by atoms with Gasteiger partial charge in [-0.3, -0.25) is 0 Å². The molecule has 0 fully saturated rings. The van der Waals surface area contributed by atoms with Crippen LogP contribution in [0.3, 0.4) is 0 Å². The maximum absolute atomic E-state index is 9.38. The molecule has 0 saturated heterocycles. The molecule has 0 aliphatic heterocycles. The minimum atomic E-state index is 0.223. The summed E-state index contributed by atoms with van der Waals surface area (Å²) >= 11 is 0. The lowest BCUT2D eigenvalue weighted by atomic mass is 10.1. The zero-order chi connectivity index (χ0) is 8.97. The van der Waals surface area contributed by atoms with Gasteiger partial charge in [-0.05, 0) is 19.1 Å². The highest BCUT2D eigenvalue weighted by atomic mass is 16.3. The highest BCUT2D eigenvalue weighted by Crippen LogP contribution is 2.22. The molecule has 0 aliphatic carbocycles. The van der Waals surface area contributed by atoms with Crippen LogP contribution in [0.1, 0.15) is 12.5 Å². The van der Waals surface area contributed by atoms with E-state index in [9.17, 15) is 5.11 Å². The molecule has 0 spiro atoms. The van der Waals surface area contributed by atoms with E-state index in [4.69, 9.17) is 0 Å². The topological polar surface area (TPSA) is 34.2 Å². The van der Waals surface area contributed by atoms with Crippen LogP contribution in [0.15, 0.2) is 24.3 Å². The monoisotopic (exact) mass is 162 g/mol. The van der Waals surface area contributed by atoms with Crippen LogP contribution in [0, 0.1) is 0 Å². The van der Waals surface area contributed by atoms with Crippen LogP contribution < -0.4 is 4.99 Å². The number of benzene rings is 1. The van der Waals surface area contributed by atoms with E-state index in [0.717, 1.165) is 5.56 Å². The third kappa shape index (κ3) is 1.53. The molecule has 0 saturated carbocycles. The Morgan fingerprint density at radius 3 is 2.83 bits per heavy atom. The van der Waals surface area contributed by atoms with Crippen LogP contribution in [0.4, 0.5) is 5.69 Å². The summed E-state index contributed by atoms with van der Waals surface area (Å²) in [5.41, 5.74) is 1.60. The summed E-state index contributed by atoms with van der Waals surface area (Å²) in [7, 11) is 0. The summed E-state index contributed by atoms with van der Waals surface area (Å²) in [6.07, 6.45) is 3.82. The van der Waals surface area contributed by atoms with Crippen molar-refractivity contribution in [1.82, 2.24) is 0 Å². The summed E-state index contributed by atoms with van der Waals surface area (Å²) in [5.74, 6) is 0.223. The first kappa shape index (κ1) is 8.53. The van der Waals surface area contributed by atoms with Crippen molar-refractivity contribution in [2.45, 2.75) is 6.92 Å². The zero-order valence-corrected chi connectivity index (χ0v) is 7.04. The predicted molar refractivity (Wildman–Crippen MR) is 50.6 cm³/mol. The van der Waals surface area contributed by atoms with Crippen molar-refractivity contribution < 1.29 is 10.1 Å². The number of rotatable bonds is 2. The normalized spacial score (nSPS) is 10.4. The number of phenols is 1. The Balaban J connectivity index is 3.27. The molecule has 2 heteroatoms. The minimum Gasteiger partial charge on any atom is -0.502 e. The summed E-state index contributed by atoms with van der Waals surface area (Å²) in [6.45, 7) is 5.44. The molecule has 0 bridgehead atoms. The molecule has 0 unspecified atom stereocenters. The summed E-state index contributed by atoms with van der Waals surface area (Å²) in [4.78, 5) is 2.70. The molecule has 2 N–H and O–H groups in total. The summed E-state index contributed by atoms with van der Waals surface area (Å²) < 4.78 is 0. The summed E-state index contributed by atoms with van der Waals surface area (Å²) in [5, 5.41) is 9.38. The quantitative estimate of drug-likeness (QED) is 0.490.